The lowest BCUT2D eigenvalue weighted by Gasteiger charge is -2.08. The zero-order chi connectivity index (χ0) is 20.9. The fourth-order valence-corrected chi connectivity index (χ4v) is 4.73. The Labute approximate surface area is 172 Å². The Kier molecular flexibility index (Phi) is 6.60. The van der Waals surface area contributed by atoms with Gasteiger partial charge in [0.25, 0.3) is 0 Å². The highest BCUT2D eigenvalue weighted by Crippen LogP contribution is 2.22. The van der Waals surface area contributed by atoms with Crippen LogP contribution >= 0.6 is 11.8 Å². The van der Waals surface area contributed by atoms with E-state index in [4.69, 9.17) is 0 Å². The Morgan fingerprint density at radius 3 is 2.45 bits per heavy atom. The summed E-state index contributed by atoms with van der Waals surface area (Å²) in [5.74, 6) is -0.590. The van der Waals surface area contributed by atoms with Crippen molar-refractivity contribution >= 4 is 27.4 Å². The third-order valence-electron chi connectivity index (χ3n) is 4.03. The third kappa shape index (κ3) is 5.18. The highest BCUT2D eigenvalue weighted by Gasteiger charge is 2.21. The van der Waals surface area contributed by atoms with Crippen molar-refractivity contribution in [3.63, 3.8) is 0 Å². The number of halogens is 1. The highest BCUT2D eigenvalue weighted by atomic mass is 32.2. The van der Waals surface area contributed by atoms with Crippen LogP contribution in [0.2, 0.25) is 0 Å². The predicted octanol–water partition coefficient (Wildman–Crippen LogP) is 3.55. The van der Waals surface area contributed by atoms with Crippen LogP contribution in [0.3, 0.4) is 0 Å². The molecule has 9 heteroatoms. The molecule has 2 aromatic carbocycles. The number of carbonyl (C=O) groups excluding carboxylic acids is 1. The number of ketones is 1. The summed E-state index contributed by atoms with van der Waals surface area (Å²) in [6.07, 6.45) is 1.61. The van der Waals surface area contributed by atoms with Gasteiger partial charge >= 0.3 is 0 Å². The smallest absolute Gasteiger partial charge is 0.191 e. The summed E-state index contributed by atoms with van der Waals surface area (Å²) in [5, 5.41) is 8.47. The summed E-state index contributed by atoms with van der Waals surface area (Å²) in [7, 11) is -3.59. The minimum Gasteiger partial charge on any atom is -0.301 e. The van der Waals surface area contributed by atoms with Gasteiger partial charge in [0.2, 0.25) is 0 Å². The van der Waals surface area contributed by atoms with Gasteiger partial charge in [0.05, 0.1) is 10.6 Å². The second kappa shape index (κ2) is 9.15. The van der Waals surface area contributed by atoms with Gasteiger partial charge in [-0.3, -0.25) is 4.79 Å². The number of Topliss-reactive ketones (excluding diaryl/α,β-unsaturated/α-hetero) is 1. The lowest BCUT2D eigenvalue weighted by Crippen LogP contribution is -2.12. The first-order valence-corrected chi connectivity index (χ1v) is 11.3. The molecule has 0 unspecified atom stereocenters. The second-order valence-electron chi connectivity index (χ2n) is 6.09. The molecular formula is C20H18FN3O3S2. The molecule has 0 radical (unpaired) electrons. The summed E-state index contributed by atoms with van der Waals surface area (Å²) in [6, 6.07) is 13.4. The Balaban J connectivity index is 1.77. The van der Waals surface area contributed by atoms with Crippen LogP contribution in [-0.4, -0.2) is 34.7 Å². The van der Waals surface area contributed by atoms with E-state index >= 15 is 0 Å². The molecule has 0 bridgehead atoms. The van der Waals surface area contributed by atoms with Crippen LogP contribution in [0.15, 0.2) is 77.3 Å². The maximum atomic E-state index is 13.0. The van der Waals surface area contributed by atoms with Crippen molar-refractivity contribution in [2.24, 2.45) is 0 Å². The largest absolute Gasteiger partial charge is 0.301 e. The van der Waals surface area contributed by atoms with Crippen LogP contribution < -0.4 is 0 Å². The van der Waals surface area contributed by atoms with Gasteiger partial charge in [-0.05, 0) is 36.4 Å². The quantitative estimate of drug-likeness (QED) is 0.293. The molecule has 0 aliphatic rings. The van der Waals surface area contributed by atoms with Crippen molar-refractivity contribution < 1.29 is 17.6 Å². The number of hydrogen-bond acceptors (Lipinski definition) is 6. The maximum absolute atomic E-state index is 13.0. The van der Waals surface area contributed by atoms with Crippen molar-refractivity contribution in [3.8, 4) is 0 Å². The molecule has 0 saturated heterocycles. The third-order valence-corrected chi connectivity index (χ3v) is 6.62. The van der Waals surface area contributed by atoms with Crippen molar-refractivity contribution in [1.29, 1.82) is 0 Å². The van der Waals surface area contributed by atoms with Crippen LogP contribution in [0.1, 0.15) is 16.2 Å². The first kappa shape index (κ1) is 20.9. The number of rotatable bonds is 9. The van der Waals surface area contributed by atoms with Gasteiger partial charge in [-0.25, -0.2) is 12.8 Å². The van der Waals surface area contributed by atoms with Gasteiger partial charge in [-0.2, -0.15) is 0 Å². The number of nitrogens with zero attached hydrogens (tertiary/aromatic N) is 3. The first-order valence-electron chi connectivity index (χ1n) is 8.63. The standard InChI is InChI=1S/C20H18FN3O3S2/c1-2-12-24-19(14-29(26,27)17-6-4-3-5-7-17)22-23-20(24)28-13-18(25)15-8-10-16(21)11-9-15/h2-11H,1,12-14H2. The average Bonchev–Trinajstić information content (AvgIpc) is 3.08. The van der Waals surface area contributed by atoms with Gasteiger partial charge in [0, 0.05) is 12.1 Å². The molecule has 0 amide bonds. The zero-order valence-corrected chi connectivity index (χ0v) is 17.0. The van der Waals surface area contributed by atoms with Crippen LogP contribution in [0, 0.1) is 5.82 Å². The van der Waals surface area contributed by atoms with Gasteiger partial charge in [-0.1, -0.05) is 36.0 Å². The van der Waals surface area contributed by atoms with Crippen LogP contribution in [-0.2, 0) is 22.1 Å². The minimum atomic E-state index is -3.59. The van der Waals surface area contributed by atoms with E-state index in [9.17, 15) is 17.6 Å². The first-order chi connectivity index (χ1) is 13.9. The fraction of sp³-hybridized carbons (Fsp3) is 0.150. The molecule has 1 aromatic heterocycles. The van der Waals surface area contributed by atoms with Gasteiger partial charge in [0.15, 0.2) is 20.8 Å². The molecule has 6 nitrogen and oxygen atoms in total. The van der Waals surface area contributed by atoms with Crippen LogP contribution in [0.4, 0.5) is 4.39 Å². The summed E-state index contributed by atoms with van der Waals surface area (Å²) < 4.78 is 39.9. The minimum absolute atomic E-state index is 0.0618. The summed E-state index contributed by atoms with van der Waals surface area (Å²) in [4.78, 5) is 12.5. The van der Waals surface area contributed by atoms with E-state index in [1.165, 1.54) is 36.4 Å². The number of aromatic nitrogens is 3. The topological polar surface area (TPSA) is 81.9 Å². The molecule has 0 aliphatic heterocycles. The second-order valence-corrected chi connectivity index (χ2v) is 9.02. The molecule has 0 fully saturated rings. The monoisotopic (exact) mass is 431 g/mol. The SMILES string of the molecule is C=CCn1c(CS(=O)(=O)c2ccccc2)nnc1SCC(=O)c1ccc(F)cc1. The van der Waals surface area contributed by atoms with E-state index in [2.05, 4.69) is 16.8 Å². The van der Waals surface area contributed by atoms with E-state index in [1.54, 1.807) is 28.8 Å². The molecule has 29 heavy (non-hydrogen) atoms. The molecule has 0 saturated carbocycles. The van der Waals surface area contributed by atoms with Gasteiger partial charge < -0.3 is 4.57 Å². The molecule has 0 spiro atoms. The lowest BCUT2D eigenvalue weighted by atomic mass is 10.1. The van der Waals surface area contributed by atoms with Gasteiger partial charge in [-0.15, -0.1) is 16.8 Å². The fourth-order valence-electron chi connectivity index (χ4n) is 2.58. The van der Waals surface area contributed by atoms with E-state index in [0.717, 1.165) is 11.8 Å². The lowest BCUT2D eigenvalue weighted by molar-refractivity contribution is 0.102. The Hall–Kier alpha value is -2.78. The number of thioether (sulfide) groups is 1. The molecule has 1 heterocycles. The van der Waals surface area contributed by atoms with Crippen molar-refractivity contribution in [2.45, 2.75) is 22.3 Å². The predicted molar refractivity (Wildman–Crippen MR) is 109 cm³/mol. The normalized spacial score (nSPS) is 11.3. The summed E-state index contributed by atoms with van der Waals surface area (Å²) in [5.41, 5.74) is 0.389. The molecule has 3 rings (SSSR count). The average molecular weight is 432 g/mol. The number of carbonyl (C=O) groups is 1. The molecule has 150 valence electrons. The van der Waals surface area contributed by atoms with E-state index in [1.807, 2.05) is 0 Å². The van der Waals surface area contributed by atoms with Crippen LogP contribution in [0.25, 0.3) is 0 Å². The molecule has 3 aromatic rings. The van der Waals surface area contributed by atoms with Crippen LogP contribution in [0.5, 0.6) is 0 Å². The molecule has 0 N–H and O–H groups in total. The van der Waals surface area contributed by atoms with Crippen molar-refractivity contribution in [1.82, 2.24) is 14.8 Å². The number of hydrogen-bond donors (Lipinski definition) is 0. The molecule has 0 aliphatic carbocycles. The zero-order valence-electron chi connectivity index (χ0n) is 15.4. The Morgan fingerprint density at radius 2 is 1.79 bits per heavy atom. The summed E-state index contributed by atoms with van der Waals surface area (Å²) >= 11 is 1.14. The summed E-state index contributed by atoms with van der Waals surface area (Å²) in [6.45, 7) is 3.99. The van der Waals surface area contributed by atoms with E-state index in [0.29, 0.717) is 17.3 Å². The molecular weight excluding hydrogens is 413 g/mol. The maximum Gasteiger partial charge on any atom is 0.191 e. The van der Waals surface area contributed by atoms with Crippen molar-refractivity contribution in [2.75, 3.05) is 5.75 Å². The van der Waals surface area contributed by atoms with E-state index in [-0.39, 0.29) is 28.0 Å². The van der Waals surface area contributed by atoms with Crippen molar-refractivity contribution in [3.05, 3.63) is 84.5 Å². The highest BCUT2D eigenvalue weighted by molar-refractivity contribution is 7.99. The van der Waals surface area contributed by atoms with E-state index < -0.39 is 15.7 Å². The Morgan fingerprint density at radius 1 is 1.10 bits per heavy atom. The number of sulfone groups is 1. The van der Waals surface area contributed by atoms with Gasteiger partial charge in [0.1, 0.15) is 17.4 Å². The number of allylic oxidation sites excluding steroid dienone is 1. The number of benzene rings is 2. The Bertz CT molecular complexity index is 1110. The molecule has 0 atom stereocenters.